The first-order valence-corrected chi connectivity index (χ1v) is 5.90. The van der Waals surface area contributed by atoms with Crippen molar-refractivity contribution in [2.75, 3.05) is 11.5 Å². The summed E-state index contributed by atoms with van der Waals surface area (Å²) in [4.78, 5) is 0.415. The number of unbranched alkanes of at least 4 members (excludes halogenated alkanes) is 1. The molecule has 0 aromatic heterocycles. The third-order valence-electron chi connectivity index (χ3n) is 1.90. The highest BCUT2D eigenvalue weighted by Crippen LogP contribution is 2.18. The summed E-state index contributed by atoms with van der Waals surface area (Å²) in [5.74, 6) is 0.156. The van der Waals surface area contributed by atoms with Crippen LogP contribution in [0.15, 0.2) is 23.1 Å². The molecular weight excluding hydrogens is 201 g/mol. The third-order valence-corrected chi connectivity index (χ3v) is 3.41. The van der Waals surface area contributed by atoms with Crippen molar-refractivity contribution in [3.63, 3.8) is 0 Å². The van der Waals surface area contributed by atoms with Gasteiger partial charge >= 0.3 is 0 Å². The minimum atomic E-state index is -1.17. The van der Waals surface area contributed by atoms with Gasteiger partial charge < -0.3 is 5.73 Å². The van der Waals surface area contributed by atoms with Gasteiger partial charge in [-0.25, -0.2) is 4.39 Å². The summed E-state index contributed by atoms with van der Waals surface area (Å²) in [5.41, 5.74) is 6.01. The van der Waals surface area contributed by atoms with E-state index in [9.17, 15) is 8.60 Å². The fourth-order valence-corrected chi connectivity index (χ4v) is 2.44. The van der Waals surface area contributed by atoms with E-state index in [4.69, 9.17) is 5.73 Å². The van der Waals surface area contributed by atoms with Gasteiger partial charge in [-0.1, -0.05) is 13.3 Å². The zero-order valence-electron chi connectivity index (χ0n) is 8.13. The lowest BCUT2D eigenvalue weighted by atomic mass is 10.3. The first kappa shape index (κ1) is 11.2. The second-order valence-electron chi connectivity index (χ2n) is 3.09. The van der Waals surface area contributed by atoms with Gasteiger partial charge in [0, 0.05) is 11.4 Å². The van der Waals surface area contributed by atoms with Gasteiger partial charge in [0.15, 0.2) is 0 Å². The van der Waals surface area contributed by atoms with Crippen molar-refractivity contribution in [1.82, 2.24) is 0 Å². The molecule has 2 N–H and O–H groups in total. The number of hydrogen-bond donors (Lipinski definition) is 1. The Bertz CT molecular complexity index is 341. The standard InChI is InChI=1S/C10H14FNOS/c1-2-3-6-14(13)10-7-8(11)4-5-9(10)12/h4-5,7H,2-3,6,12H2,1H3. The van der Waals surface area contributed by atoms with Crippen LogP contribution in [0.3, 0.4) is 0 Å². The van der Waals surface area contributed by atoms with Gasteiger partial charge in [0.25, 0.3) is 0 Å². The topological polar surface area (TPSA) is 43.1 Å². The Morgan fingerprint density at radius 1 is 1.50 bits per heavy atom. The number of nitrogen functional groups attached to an aromatic ring is 1. The lowest BCUT2D eigenvalue weighted by Gasteiger charge is -2.04. The number of anilines is 1. The van der Waals surface area contributed by atoms with Gasteiger partial charge in [0.1, 0.15) is 5.82 Å². The maximum atomic E-state index is 12.8. The average molecular weight is 215 g/mol. The predicted molar refractivity (Wildman–Crippen MR) is 57.0 cm³/mol. The monoisotopic (exact) mass is 215 g/mol. The summed E-state index contributed by atoms with van der Waals surface area (Å²) < 4.78 is 24.5. The van der Waals surface area contributed by atoms with Gasteiger partial charge in [-0.2, -0.15) is 0 Å². The van der Waals surface area contributed by atoms with E-state index in [1.54, 1.807) is 0 Å². The van der Waals surface area contributed by atoms with Crippen LogP contribution >= 0.6 is 0 Å². The molecule has 0 bridgehead atoms. The fraction of sp³-hybridized carbons (Fsp3) is 0.400. The molecule has 78 valence electrons. The molecule has 0 radical (unpaired) electrons. The number of hydrogen-bond acceptors (Lipinski definition) is 2. The molecule has 0 saturated heterocycles. The molecule has 1 atom stereocenters. The molecule has 0 saturated carbocycles. The largest absolute Gasteiger partial charge is 0.398 e. The van der Waals surface area contributed by atoms with Crippen molar-refractivity contribution in [2.24, 2.45) is 0 Å². The Kier molecular flexibility index (Phi) is 4.07. The van der Waals surface area contributed by atoms with Crippen molar-refractivity contribution in [3.05, 3.63) is 24.0 Å². The van der Waals surface area contributed by atoms with Crippen molar-refractivity contribution in [1.29, 1.82) is 0 Å². The lowest BCUT2D eigenvalue weighted by molar-refractivity contribution is 0.623. The van der Waals surface area contributed by atoms with E-state index in [1.807, 2.05) is 6.92 Å². The van der Waals surface area contributed by atoms with Gasteiger partial charge in [-0.05, 0) is 24.6 Å². The molecule has 1 unspecified atom stereocenters. The maximum absolute atomic E-state index is 12.8. The van der Waals surface area contributed by atoms with Crippen LogP contribution in [0, 0.1) is 5.82 Å². The molecule has 2 nitrogen and oxygen atoms in total. The lowest BCUT2D eigenvalue weighted by Crippen LogP contribution is -2.02. The van der Waals surface area contributed by atoms with Gasteiger partial charge in [0.2, 0.25) is 0 Å². The van der Waals surface area contributed by atoms with Crippen LogP contribution < -0.4 is 5.73 Å². The second kappa shape index (κ2) is 5.10. The van der Waals surface area contributed by atoms with Crippen molar-refractivity contribution < 1.29 is 8.60 Å². The summed E-state index contributed by atoms with van der Waals surface area (Å²) in [6, 6.07) is 3.98. The van der Waals surface area contributed by atoms with E-state index in [-0.39, 0.29) is 5.82 Å². The first-order chi connectivity index (χ1) is 6.65. The van der Waals surface area contributed by atoms with Crippen LogP contribution in [-0.2, 0) is 10.8 Å². The van der Waals surface area contributed by atoms with E-state index in [0.29, 0.717) is 16.3 Å². The van der Waals surface area contributed by atoms with Crippen molar-refractivity contribution in [3.8, 4) is 0 Å². The normalized spacial score (nSPS) is 12.7. The Labute approximate surface area is 85.8 Å². The summed E-state index contributed by atoms with van der Waals surface area (Å²) in [5, 5.41) is 0. The van der Waals surface area contributed by atoms with Crippen molar-refractivity contribution >= 4 is 16.5 Å². The SMILES string of the molecule is CCCCS(=O)c1cc(F)ccc1N. The molecule has 0 aliphatic heterocycles. The molecule has 1 aromatic carbocycles. The molecule has 0 fully saturated rings. The number of halogens is 1. The smallest absolute Gasteiger partial charge is 0.124 e. The minimum absolute atomic E-state index is 0.390. The molecule has 0 aliphatic rings. The van der Waals surface area contributed by atoms with Crippen molar-refractivity contribution in [2.45, 2.75) is 24.7 Å². The number of rotatable bonds is 4. The summed E-state index contributed by atoms with van der Waals surface area (Å²) >= 11 is 0. The molecule has 1 rings (SSSR count). The van der Waals surface area contributed by atoms with Gasteiger partial charge in [-0.15, -0.1) is 0 Å². The maximum Gasteiger partial charge on any atom is 0.124 e. The summed E-state index contributed by atoms with van der Waals surface area (Å²) in [6.07, 6.45) is 1.84. The summed E-state index contributed by atoms with van der Waals surface area (Å²) in [7, 11) is -1.17. The zero-order chi connectivity index (χ0) is 10.6. The Hall–Kier alpha value is -0.900. The average Bonchev–Trinajstić information content (AvgIpc) is 2.18. The molecule has 0 amide bonds. The third kappa shape index (κ3) is 2.80. The molecule has 0 spiro atoms. The van der Waals surface area contributed by atoms with Gasteiger partial charge in [-0.3, -0.25) is 4.21 Å². The Morgan fingerprint density at radius 2 is 2.21 bits per heavy atom. The van der Waals surface area contributed by atoms with Crippen LogP contribution in [0.2, 0.25) is 0 Å². The van der Waals surface area contributed by atoms with E-state index < -0.39 is 10.8 Å². The van der Waals surface area contributed by atoms with E-state index in [2.05, 4.69) is 0 Å². The Morgan fingerprint density at radius 3 is 2.86 bits per heavy atom. The number of nitrogens with two attached hydrogens (primary N) is 1. The van der Waals surface area contributed by atoms with Gasteiger partial charge in [0.05, 0.1) is 15.7 Å². The molecule has 14 heavy (non-hydrogen) atoms. The quantitative estimate of drug-likeness (QED) is 0.783. The first-order valence-electron chi connectivity index (χ1n) is 4.58. The van der Waals surface area contributed by atoms with E-state index in [0.717, 1.165) is 12.8 Å². The molecule has 0 aliphatic carbocycles. The van der Waals surface area contributed by atoms with Crippen LogP contribution in [0.1, 0.15) is 19.8 Å². The zero-order valence-corrected chi connectivity index (χ0v) is 8.94. The Balaban J connectivity index is 2.83. The van der Waals surface area contributed by atoms with Crippen LogP contribution in [0.4, 0.5) is 10.1 Å². The highest BCUT2D eigenvalue weighted by atomic mass is 32.2. The molecular formula is C10H14FNOS. The number of benzene rings is 1. The fourth-order valence-electron chi connectivity index (χ4n) is 1.09. The predicted octanol–water partition coefficient (Wildman–Crippen LogP) is 2.32. The van der Waals surface area contributed by atoms with E-state index >= 15 is 0 Å². The van der Waals surface area contributed by atoms with E-state index in [1.165, 1.54) is 18.2 Å². The highest BCUT2D eigenvalue weighted by molar-refractivity contribution is 7.85. The van der Waals surface area contributed by atoms with Crippen LogP contribution in [0.25, 0.3) is 0 Å². The molecule has 4 heteroatoms. The second-order valence-corrected chi connectivity index (χ2v) is 4.62. The minimum Gasteiger partial charge on any atom is -0.398 e. The van der Waals surface area contributed by atoms with Crippen LogP contribution in [0.5, 0.6) is 0 Å². The van der Waals surface area contributed by atoms with Crippen LogP contribution in [-0.4, -0.2) is 9.96 Å². The molecule has 1 aromatic rings. The molecule has 0 heterocycles. The highest BCUT2D eigenvalue weighted by Gasteiger charge is 2.08. The summed E-state index contributed by atoms with van der Waals surface area (Å²) in [6.45, 7) is 2.02.